The Kier molecular flexibility index (Phi) is 7.29. The molecule has 0 radical (unpaired) electrons. The molecule has 0 spiro atoms. The summed E-state index contributed by atoms with van der Waals surface area (Å²) in [6.07, 6.45) is 5.14. The van der Waals surface area contributed by atoms with Crippen LogP contribution < -0.4 is 9.47 Å². The first kappa shape index (κ1) is 26.0. The molecule has 0 saturated carbocycles. The van der Waals surface area contributed by atoms with E-state index in [1.54, 1.807) is 0 Å². The molecule has 9 nitrogen and oxygen atoms in total. The van der Waals surface area contributed by atoms with E-state index in [9.17, 15) is 0 Å². The number of nitrogens with one attached hydrogen (secondary N) is 1. The highest BCUT2D eigenvalue weighted by molar-refractivity contribution is 5.93. The molecule has 4 aromatic rings. The zero-order valence-electron chi connectivity index (χ0n) is 23.6. The SMILES string of the molecule is CCCn1nc(OCC)c2c1CN(C(C)C)CC(C)Oc1c(c(C)nn1C)-c1ccc3n[nH]c(c3c1)/C=C/2. The minimum absolute atomic E-state index is 0.0582. The molecule has 1 aliphatic rings. The van der Waals surface area contributed by atoms with Gasteiger partial charge >= 0.3 is 0 Å². The maximum absolute atomic E-state index is 6.63. The Morgan fingerprint density at radius 3 is 2.74 bits per heavy atom. The molecular formula is C29H39N7O2. The minimum atomic E-state index is -0.0582. The molecule has 0 fully saturated rings. The Labute approximate surface area is 224 Å². The van der Waals surface area contributed by atoms with Gasteiger partial charge in [-0.25, -0.2) is 4.68 Å². The van der Waals surface area contributed by atoms with Gasteiger partial charge in [0, 0.05) is 38.1 Å². The van der Waals surface area contributed by atoms with Gasteiger partial charge in [-0.2, -0.15) is 10.2 Å². The van der Waals surface area contributed by atoms with E-state index in [4.69, 9.17) is 19.7 Å². The maximum Gasteiger partial charge on any atom is 0.240 e. The van der Waals surface area contributed by atoms with Crippen LogP contribution in [0.15, 0.2) is 18.2 Å². The van der Waals surface area contributed by atoms with Crippen LogP contribution in [0.4, 0.5) is 0 Å². The van der Waals surface area contributed by atoms with E-state index in [1.807, 2.05) is 31.6 Å². The zero-order valence-corrected chi connectivity index (χ0v) is 23.6. The van der Waals surface area contributed by atoms with Gasteiger partial charge < -0.3 is 9.47 Å². The Balaban J connectivity index is 1.73. The molecule has 1 N–H and O–H groups in total. The Morgan fingerprint density at radius 2 is 2.00 bits per heavy atom. The smallest absolute Gasteiger partial charge is 0.240 e. The van der Waals surface area contributed by atoms with Crippen LogP contribution >= 0.6 is 0 Å². The van der Waals surface area contributed by atoms with Crippen LogP contribution in [0.3, 0.4) is 0 Å². The third-order valence-electron chi connectivity index (χ3n) is 7.13. The number of aromatic amines is 1. The second-order valence-corrected chi connectivity index (χ2v) is 10.4. The second-order valence-electron chi connectivity index (χ2n) is 10.4. The summed E-state index contributed by atoms with van der Waals surface area (Å²) in [6, 6.07) is 6.62. The third kappa shape index (κ3) is 4.82. The van der Waals surface area contributed by atoms with Gasteiger partial charge in [0.15, 0.2) is 0 Å². The van der Waals surface area contributed by atoms with Crippen LogP contribution in [-0.2, 0) is 20.1 Å². The fraction of sp³-hybridized carbons (Fsp3) is 0.483. The molecular weight excluding hydrogens is 478 g/mol. The lowest BCUT2D eigenvalue weighted by molar-refractivity contribution is 0.110. The summed E-state index contributed by atoms with van der Waals surface area (Å²) in [6.45, 7) is 15.7. The van der Waals surface area contributed by atoms with E-state index >= 15 is 0 Å². The minimum Gasteiger partial charge on any atom is -0.476 e. The van der Waals surface area contributed by atoms with Crippen molar-refractivity contribution >= 4 is 23.1 Å². The van der Waals surface area contributed by atoms with Crippen molar-refractivity contribution in [2.45, 2.75) is 73.2 Å². The molecule has 2 bridgehead atoms. The molecule has 0 saturated heterocycles. The number of aromatic nitrogens is 6. The lowest BCUT2D eigenvalue weighted by atomic mass is 10.0. The molecule has 1 atom stereocenters. The molecule has 0 amide bonds. The average Bonchev–Trinajstić information content (AvgIpc) is 3.50. The van der Waals surface area contributed by atoms with Gasteiger partial charge in [0.1, 0.15) is 6.10 Å². The fourth-order valence-electron chi connectivity index (χ4n) is 5.25. The number of ether oxygens (including phenoxy) is 2. The number of rotatable bonds is 5. The van der Waals surface area contributed by atoms with Crippen molar-refractivity contribution in [2.75, 3.05) is 13.2 Å². The van der Waals surface area contributed by atoms with Gasteiger partial charge in [-0.1, -0.05) is 13.0 Å². The summed E-state index contributed by atoms with van der Waals surface area (Å²) in [5.74, 6) is 1.45. The van der Waals surface area contributed by atoms with Crippen LogP contribution in [0.2, 0.25) is 0 Å². The number of H-pyrrole nitrogens is 1. The van der Waals surface area contributed by atoms with Gasteiger partial charge in [-0.15, -0.1) is 5.10 Å². The van der Waals surface area contributed by atoms with Crippen molar-refractivity contribution in [3.63, 3.8) is 0 Å². The van der Waals surface area contributed by atoms with Crippen LogP contribution in [0.1, 0.15) is 63.7 Å². The second kappa shape index (κ2) is 10.6. The van der Waals surface area contributed by atoms with Crippen molar-refractivity contribution in [3.05, 3.63) is 40.8 Å². The van der Waals surface area contributed by atoms with Crippen molar-refractivity contribution in [2.24, 2.45) is 7.05 Å². The monoisotopic (exact) mass is 517 g/mol. The van der Waals surface area contributed by atoms with Crippen LogP contribution in [0.5, 0.6) is 11.8 Å². The van der Waals surface area contributed by atoms with Crippen molar-refractivity contribution in [3.8, 4) is 22.9 Å². The standard InChI is InChI=1S/C29H39N7O2/c1-8-14-36-26-17-35(18(3)4)16-19(5)38-29-27(20(6)32-34(29)7)21-10-12-24-23(15-21)25(31-30-24)13-11-22(26)28(33-36)37-9-2/h10-13,15,18-19H,8-9,14,16-17H2,1-7H3,(H,30,31)/b13-11+. The first-order valence-corrected chi connectivity index (χ1v) is 13.6. The molecule has 9 heteroatoms. The summed E-state index contributed by atoms with van der Waals surface area (Å²) in [7, 11) is 1.95. The Morgan fingerprint density at radius 1 is 1.18 bits per heavy atom. The number of hydrogen-bond acceptors (Lipinski definition) is 6. The van der Waals surface area contributed by atoms with Crippen molar-refractivity contribution in [1.29, 1.82) is 0 Å². The van der Waals surface area contributed by atoms with Gasteiger partial charge in [0.05, 0.1) is 40.3 Å². The molecule has 1 aliphatic heterocycles. The predicted molar refractivity (Wildman–Crippen MR) is 151 cm³/mol. The van der Waals surface area contributed by atoms with E-state index < -0.39 is 0 Å². The molecule has 1 unspecified atom stereocenters. The Bertz CT molecular complexity index is 1460. The van der Waals surface area contributed by atoms with E-state index in [1.165, 1.54) is 0 Å². The zero-order chi connectivity index (χ0) is 27.0. The first-order valence-electron chi connectivity index (χ1n) is 13.6. The van der Waals surface area contributed by atoms with Gasteiger partial charge in [-0.05, 0) is 70.9 Å². The molecule has 4 heterocycles. The molecule has 38 heavy (non-hydrogen) atoms. The van der Waals surface area contributed by atoms with E-state index in [2.05, 4.69) is 71.8 Å². The van der Waals surface area contributed by atoms with Crippen LogP contribution in [-0.4, -0.2) is 60.0 Å². The summed E-state index contributed by atoms with van der Waals surface area (Å²) < 4.78 is 16.6. The summed E-state index contributed by atoms with van der Waals surface area (Å²) in [5, 5.41) is 18.4. The molecule has 3 aromatic heterocycles. The normalized spacial score (nSPS) is 17.2. The van der Waals surface area contributed by atoms with Gasteiger partial charge in [0.25, 0.3) is 0 Å². The summed E-state index contributed by atoms with van der Waals surface area (Å²) in [4.78, 5) is 2.44. The molecule has 1 aromatic carbocycles. The highest BCUT2D eigenvalue weighted by Crippen LogP contribution is 2.36. The topological polar surface area (TPSA) is 86.0 Å². The number of fused-ring (bicyclic) bond motifs is 4. The fourth-order valence-corrected chi connectivity index (χ4v) is 5.25. The van der Waals surface area contributed by atoms with E-state index in [-0.39, 0.29) is 6.10 Å². The number of hydrogen-bond donors (Lipinski definition) is 1. The molecule has 5 rings (SSSR count). The quantitative estimate of drug-likeness (QED) is 0.379. The summed E-state index contributed by atoms with van der Waals surface area (Å²) >= 11 is 0. The number of nitrogens with zero attached hydrogens (tertiary/aromatic N) is 6. The lowest BCUT2D eigenvalue weighted by Crippen LogP contribution is -2.39. The summed E-state index contributed by atoms with van der Waals surface area (Å²) in [5.41, 5.74) is 7.01. The lowest BCUT2D eigenvalue weighted by Gasteiger charge is -2.30. The van der Waals surface area contributed by atoms with Gasteiger partial charge in [-0.3, -0.25) is 14.7 Å². The average molecular weight is 518 g/mol. The van der Waals surface area contributed by atoms with E-state index in [0.717, 1.165) is 76.6 Å². The maximum atomic E-state index is 6.63. The van der Waals surface area contributed by atoms with E-state index in [0.29, 0.717) is 18.5 Å². The van der Waals surface area contributed by atoms with Gasteiger partial charge in [0.2, 0.25) is 11.8 Å². The largest absolute Gasteiger partial charge is 0.476 e. The molecule has 202 valence electrons. The Hall–Kier alpha value is -3.59. The van der Waals surface area contributed by atoms with Crippen molar-refractivity contribution < 1.29 is 9.47 Å². The number of aryl methyl sites for hydroxylation is 3. The molecule has 0 aliphatic carbocycles. The highest BCUT2D eigenvalue weighted by Gasteiger charge is 2.25. The third-order valence-corrected chi connectivity index (χ3v) is 7.13. The number of benzene rings is 1. The highest BCUT2D eigenvalue weighted by atomic mass is 16.5. The van der Waals surface area contributed by atoms with Crippen LogP contribution in [0, 0.1) is 6.92 Å². The van der Waals surface area contributed by atoms with Crippen LogP contribution in [0.25, 0.3) is 34.2 Å². The van der Waals surface area contributed by atoms with Crippen molar-refractivity contribution in [1.82, 2.24) is 34.7 Å². The predicted octanol–water partition coefficient (Wildman–Crippen LogP) is 5.44. The first-order chi connectivity index (χ1) is 18.3.